The largest absolute Gasteiger partial charge is 0.300 e. The molecule has 0 fully saturated rings. The molecule has 27 heavy (non-hydrogen) atoms. The van der Waals surface area contributed by atoms with Crippen molar-refractivity contribution >= 4 is 11.6 Å². The highest BCUT2D eigenvalue weighted by Gasteiger charge is 2.50. The third-order valence-corrected chi connectivity index (χ3v) is 7.67. The van der Waals surface area contributed by atoms with E-state index in [0.717, 1.165) is 18.8 Å². The molecule has 0 aromatic rings. The third kappa shape index (κ3) is 3.22. The Balaban J connectivity index is 0.000000376. The molecular weight excluding hydrogens is 332 g/mol. The molecule has 0 spiro atoms. The van der Waals surface area contributed by atoms with Gasteiger partial charge in [-0.15, -0.1) is 0 Å². The van der Waals surface area contributed by atoms with Crippen molar-refractivity contribution in [1.82, 2.24) is 0 Å². The number of allylic oxidation sites excluding steroid dienone is 7. The molecule has 4 aliphatic rings. The van der Waals surface area contributed by atoms with Crippen LogP contribution in [0.1, 0.15) is 79.6 Å². The minimum absolute atomic E-state index is 0.0621. The molecule has 0 bridgehead atoms. The molecule has 0 saturated heterocycles. The lowest BCUT2D eigenvalue weighted by Gasteiger charge is -2.50. The molecule has 2 nitrogen and oxygen atoms in total. The standard InChI is InChI=1S/C21H26O.C4H8O/c1-13-11-16-17-6-5-14(2)20(17,3)10-8-18(16)21(4)9-7-15(22)12-19(13)21;1-3-4(2)5/h6,12,14H,1,5,7-11H2,2-4H3;3H2,1-2H3. The van der Waals surface area contributed by atoms with Gasteiger partial charge in [0.15, 0.2) is 5.78 Å². The maximum absolute atomic E-state index is 11.9. The molecule has 4 aliphatic carbocycles. The summed E-state index contributed by atoms with van der Waals surface area (Å²) < 4.78 is 0. The third-order valence-electron chi connectivity index (χ3n) is 7.67. The van der Waals surface area contributed by atoms with Crippen LogP contribution in [0.25, 0.3) is 0 Å². The smallest absolute Gasteiger partial charge is 0.156 e. The number of ketones is 2. The summed E-state index contributed by atoms with van der Waals surface area (Å²) in [5.41, 5.74) is 7.65. The van der Waals surface area contributed by atoms with Crippen LogP contribution >= 0.6 is 0 Å². The van der Waals surface area contributed by atoms with Crippen molar-refractivity contribution in [3.8, 4) is 0 Å². The van der Waals surface area contributed by atoms with Crippen LogP contribution in [-0.4, -0.2) is 11.6 Å². The molecule has 146 valence electrons. The predicted molar refractivity (Wildman–Crippen MR) is 111 cm³/mol. The molecule has 0 amide bonds. The molecule has 0 heterocycles. The minimum atomic E-state index is 0.0621. The number of carbonyl (C=O) groups is 2. The van der Waals surface area contributed by atoms with E-state index in [-0.39, 0.29) is 17.0 Å². The van der Waals surface area contributed by atoms with Gasteiger partial charge in [-0.05, 0) is 78.7 Å². The van der Waals surface area contributed by atoms with Crippen molar-refractivity contribution in [2.45, 2.75) is 79.6 Å². The number of hydrogen-bond donors (Lipinski definition) is 0. The first-order chi connectivity index (χ1) is 12.6. The SMILES string of the molecule is C=C1CC2=C(CCC3(C)C2=CCC3C)C2(C)CCC(=O)C=C12.CCC(C)=O. The van der Waals surface area contributed by atoms with Gasteiger partial charge in [-0.25, -0.2) is 0 Å². The van der Waals surface area contributed by atoms with Crippen LogP contribution in [0.2, 0.25) is 0 Å². The van der Waals surface area contributed by atoms with Crippen molar-refractivity contribution < 1.29 is 9.59 Å². The Morgan fingerprint density at radius 2 is 1.89 bits per heavy atom. The van der Waals surface area contributed by atoms with Gasteiger partial charge < -0.3 is 4.79 Å². The van der Waals surface area contributed by atoms with Crippen LogP contribution in [0.4, 0.5) is 0 Å². The first kappa shape index (κ1) is 20.0. The van der Waals surface area contributed by atoms with Crippen LogP contribution < -0.4 is 0 Å². The van der Waals surface area contributed by atoms with Crippen molar-refractivity contribution in [2.75, 3.05) is 0 Å². The van der Waals surface area contributed by atoms with Gasteiger partial charge in [0, 0.05) is 18.3 Å². The minimum Gasteiger partial charge on any atom is -0.300 e. The molecule has 2 heteroatoms. The fourth-order valence-corrected chi connectivity index (χ4v) is 5.43. The fraction of sp³-hybridized carbons (Fsp3) is 0.600. The monoisotopic (exact) mass is 366 g/mol. The Morgan fingerprint density at radius 3 is 2.52 bits per heavy atom. The van der Waals surface area contributed by atoms with E-state index in [0.29, 0.717) is 18.3 Å². The van der Waals surface area contributed by atoms with Gasteiger partial charge in [-0.2, -0.15) is 0 Å². The van der Waals surface area contributed by atoms with E-state index in [2.05, 4.69) is 33.4 Å². The zero-order chi connectivity index (χ0) is 20.0. The predicted octanol–water partition coefficient (Wildman–Crippen LogP) is 6.29. The van der Waals surface area contributed by atoms with E-state index in [4.69, 9.17) is 0 Å². The summed E-state index contributed by atoms with van der Waals surface area (Å²) in [6.45, 7) is 15.0. The zero-order valence-electron chi connectivity index (χ0n) is 17.7. The Labute approximate surface area is 164 Å². The maximum atomic E-state index is 11.9. The average Bonchev–Trinajstić information content (AvgIpc) is 2.92. The lowest BCUT2D eigenvalue weighted by atomic mass is 9.54. The lowest BCUT2D eigenvalue weighted by molar-refractivity contribution is -0.117. The van der Waals surface area contributed by atoms with Gasteiger partial charge in [0.2, 0.25) is 0 Å². The number of fused-ring (bicyclic) bond motifs is 4. The zero-order valence-corrected chi connectivity index (χ0v) is 17.7. The van der Waals surface area contributed by atoms with Gasteiger partial charge in [-0.1, -0.05) is 45.9 Å². The second-order valence-corrected chi connectivity index (χ2v) is 9.32. The summed E-state index contributed by atoms with van der Waals surface area (Å²) >= 11 is 0. The van der Waals surface area contributed by atoms with E-state index >= 15 is 0 Å². The second-order valence-electron chi connectivity index (χ2n) is 9.32. The van der Waals surface area contributed by atoms with Crippen LogP contribution in [0, 0.1) is 16.7 Å². The van der Waals surface area contributed by atoms with Crippen LogP contribution in [0.5, 0.6) is 0 Å². The molecule has 0 saturated carbocycles. The van der Waals surface area contributed by atoms with Gasteiger partial charge in [0.25, 0.3) is 0 Å². The van der Waals surface area contributed by atoms with Gasteiger partial charge in [0.1, 0.15) is 5.78 Å². The van der Waals surface area contributed by atoms with Gasteiger partial charge >= 0.3 is 0 Å². The number of hydrogen-bond acceptors (Lipinski definition) is 2. The summed E-state index contributed by atoms with van der Waals surface area (Å²) in [5, 5.41) is 0. The molecular formula is C25H34O2. The van der Waals surface area contributed by atoms with Crippen LogP contribution in [-0.2, 0) is 9.59 Å². The van der Waals surface area contributed by atoms with E-state index in [1.54, 1.807) is 23.6 Å². The number of rotatable bonds is 1. The van der Waals surface area contributed by atoms with E-state index in [1.807, 2.05) is 13.0 Å². The maximum Gasteiger partial charge on any atom is 0.156 e. The van der Waals surface area contributed by atoms with Gasteiger partial charge in [-0.3, -0.25) is 4.79 Å². The van der Waals surface area contributed by atoms with E-state index in [1.165, 1.54) is 30.4 Å². The molecule has 0 aliphatic heterocycles. The normalized spacial score (nSPS) is 34.6. The first-order valence-corrected chi connectivity index (χ1v) is 10.5. The number of carbonyl (C=O) groups excluding carboxylic acids is 2. The molecule has 3 unspecified atom stereocenters. The summed E-state index contributed by atoms with van der Waals surface area (Å²) in [6.07, 6.45) is 11.4. The van der Waals surface area contributed by atoms with Crippen molar-refractivity contribution in [3.05, 3.63) is 46.6 Å². The Morgan fingerprint density at radius 1 is 1.22 bits per heavy atom. The average molecular weight is 367 g/mol. The molecule has 0 radical (unpaired) electrons. The summed E-state index contributed by atoms with van der Waals surface area (Å²) in [7, 11) is 0. The Hall–Kier alpha value is -1.70. The molecule has 3 atom stereocenters. The second kappa shape index (κ2) is 7.04. The highest BCUT2D eigenvalue weighted by molar-refractivity contribution is 5.93. The summed E-state index contributed by atoms with van der Waals surface area (Å²) in [5.74, 6) is 1.29. The Bertz CT molecular complexity index is 791. The highest BCUT2D eigenvalue weighted by Crippen LogP contribution is 2.62. The summed E-state index contributed by atoms with van der Waals surface area (Å²) in [6, 6.07) is 0. The Kier molecular flexibility index (Phi) is 5.22. The van der Waals surface area contributed by atoms with E-state index < -0.39 is 0 Å². The summed E-state index contributed by atoms with van der Waals surface area (Å²) in [4.78, 5) is 21.7. The highest BCUT2D eigenvalue weighted by atomic mass is 16.1. The number of Topliss-reactive ketones (excluding diaryl/α,β-unsaturated/α-hetero) is 1. The molecule has 0 aromatic heterocycles. The lowest BCUT2D eigenvalue weighted by Crippen LogP contribution is -2.38. The van der Waals surface area contributed by atoms with Crippen molar-refractivity contribution in [3.63, 3.8) is 0 Å². The molecule has 0 N–H and O–H groups in total. The molecule has 0 aromatic carbocycles. The molecule has 4 rings (SSSR count). The van der Waals surface area contributed by atoms with Crippen LogP contribution in [0.3, 0.4) is 0 Å². The fourth-order valence-electron chi connectivity index (χ4n) is 5.43. The van der Waals surface area contributed by atoms with Crippen molar-refractivity contribution in [1.29, 1.82) is 0 Å². The van der Waals surface area contributed by atoms with Crippen molar-refractivity contribution in [2.24, 2.45) is 16.7 Å². The van der Waals surface area contributed by atoms with E-state index in [9.17, 15) is 9.59 Å². The topological polar surface area (TPSA) is 34.1 Å². The first-order valence-electron chi connectivity index (χ1n) is 10.5. The quantitative estimate of drug-likeness (QED) is 0.546. The van der Waals surface area contributed by atoms with Gasteiger partial charge in [0.05, 0.1) is 0 Å². The van der Waals surface area contributed by atoms with Crippen LogP contribution in [0.15, 0.2) is 46.6 Å².